The molecule has 0 aliphatic carbocycles. The first kappa shape index (κ1) is 12.6. The number of carbonyl (C=O) groups is 1. The van der Waals surface area contributed by atoms with E-state index in [4.69, 9.17) is 5.11 Å². The molecule has 0 aliphatic rings. The molecule has 0 saturated carbocycles. The highest BCUT2D eigenvalue weighted by atomic mass is 32.1. The number of thiazole rings is 1. The summed E-state index contributed by atoms with van der Waals surface area (Å²) in [4.78, 5) is 15.1. The van der Waals surface area contributed by atoms with E-state index >= 15 is 0 Å². The van der Waals surface area contributed by atoms with Crippen LogP contribution in [0.25, 0.3) is 0 Å². The molecule has 1 aromatic heterocycles. The van der Waals surface area contributed by atoms with Crippen molar-refractivity contribution in [2.75, 3.05) is 5.32 Å². The Bertz CT molecular complexity index is 605. The minimum Gasteiger partial charge on any atom is -0.477 e. The van der Waals surface area contributed by atoms with E-state index in [2.05, 4.69) is 23.3 Å². The van der Waals surface area contributed by atoms with Crippen LogP contribution in [0.3, 0.4) is 0 Å². The van der Waals surface area contributed by atoms with E-state index in [1.54, 1.807) is 0 Å². The molecule has 0 unspecified atom stereocenters. The van der Waals surface area contributed by atoms with E-state index < -0.39 is 5.97 Å². The summed E-state index contributed by atoms with van der Waals surface area (Å²) >= 11 is 1.13. The lowest BCUT2D eigenvalue weighted by atomic mass is 10.1. The summed E-state index contributed by atoms with van der Waals surface area (Å²) in [7, 11) is 0. The van der Waals surface area contributed by atoms with Crippen molar-refractivity contribution in [2.45, 2.75) is 20.8 Å². The van der Waals surface area contributed by atoms with E-state index in [9.17, 15) is 4.79 Å². The summed E-state index contributed by atoms with van der Waals surface area (Å²) in [5.74, 6) is -0.947. The number of aromatic nitrogens is 1. The first-order chi connectivity index (χ1) is 8.47. The summed E-state index contributed by atoms with van der Waals surface area (Å²) in [5.41, 5.74) is 4.51. The molecule has 94 valence electrons. The second-order valence-corrected chi connectivity index (χ2v) is 5.24. The smallest absolute Gasteiger partial charge is 0.347 e. The Kier molecular flexibility index (Phi) is 3.34. The molecule has 0 atom stereocenters. The van der Waals surface area contributed by atoms with Crippen LogP contribution in [0.1, 0.15) is 26.4 Å². The molecule has 5 heteroatoms. The van der Waals surface area contributed by atoms with Gasteiger partial charge in [-0.05, 0) is 43.5 Å². The SMILES string of the molecule is Cc1cc(C)c(Nc2ncc(C(=O)O)s2)cc1C. The summed E-state index contributed by atoms with van der Waals surface area (Å²) in [5, 5.41) is 12.6. The highest BCUT2D eigenvalue weighted by Gasteiger charge is 2.09. The normalized spacial score (nSPS) is 10.4. The van der Waals surface area contributed by atoms with Crippen molar-refractivity contribution in [1.82, 2.24) is 4.98 Å². The monoisotopic (exact) mass is 262 g/mol. The van der Waals surface area contributed by atoms with Crippen LogP contribution >= 0.6 is 11.3 Å². The molecule has 18 heavy (non-hydrogen) atoms. The number of rotatable bonds is 3. The van der Waals surface area contributed by atoms with Crippen LogP contribution in [-0.2, 0) is 0 Å². The van der Waals surface area contributed by atoms with Crippen LogP contribution < -0.4 is 5.32 Å². The van der Waals surface area contributed by atoms with Gasteiger partial charge in [0.25, 0.3) is 0 Å². The van der Waals surface area contributed by atoms with Crippen molar-refractivity contribution in [3.05, 3.63) is 39.9 Å². The van der Waals surface area contributed by atoms with Crippen molar-refractivity contribution in [2.24, 2.45) is 0 Å². The lowest BCUT2D eigenvalue weighted by Crippen LogP contribution is -1.94. The molecule has 0 fully saturated rings. The number of aryl methyl sites for hydroxylation is 3. The van der Waals surface area contributed by atoms with Gasteiger partial charge < -0.3 is 10.4 Å². The van der Waals surface area contributed by atoms with Gasteiger partial charge in [0.15, 0.2) is 5.13 Å². The number of hydrogen-bond acceptors (Lipinski definition) is 4. The fraction of sp³-hybridized carbons (Fsp3) is 0.231. The molecule has 1 heterocycles. The number of nitrogens with zero attached hydrogens (tertiary/aromatic N) is 1. The van der Waals surface area contributed by atoms with E-state index in [1.807, 2.05) is 19.9 Å². The summed E-state index contributed by atoms with van der Waals surface area (Å²) < 4.78 is 0. The molecule has 0 bridgehead atoms. The van der Waals surface area contributed by atoms with Crippen molar-refractivity contribution in [3.63, 3.8) is 0 Å². The van der Waals surface area contributed by atoms with E-state index in [-0.39, 0.29) is 4.88 Å². The Morgan fingerprint density at radius 1 is 1.22 bits per heavy atom. The zero-order chi connectivity index (χ0) is 13.3. The van der Waals surface area contributed by atoms with Crippen LogP contribution in [0.5, 0.6) is 0 Å². The number of hydrogen-bond donors (Lipinski definition) is 2. The van der Waals surface area contributed by atoms with Crippen molar-refractivity contribution in [3.8, 4) is 0 Å². The predicted octanol–water partition coefficient (Wildman–Crippen LogP) is 3.51. The van der Waals surface area contributed by atoms with Gasteiger partial charge in [-0.2, -0.15) is 0 Å². The van der Waals surface area contributed by atoms with Crippen molar-refractivity contribution in [1.29, 1.82) is 0 Å². The molecule has 2 rings (SSSR count). The van der Waals surface area contributed by atoms with E-state index in [0.717, 1.165) is 22.6 Å². The number of carboxylic acids is 1. The van der Waals surface area contributed by atoms with Gasteiger partial charge in [0.1, 0.15) is 4.88 Å². The minimum absolute atomic E-state index is 0.235. The second-order valence-electron chi connectivity index (χ2n) is 4.21. The van der Waals surface area contributed by atoms with Gasteiger partial charge in [-0.25, -0.2) is 9.78 Å². The number of benzene rings is 1. The molecule has 0 radical (unpaired) electrons. The molecule has 1 aromatic carbocycles. The maximum atomic E-state index is 10.8. The lowest BCUT2D eigenvalue weighted by molar-refractivity contribution is 0.0702. The molecule has 0 saturated heterocycles. The Balaban J connectivity index is 2.28. The Morgan fingerprint density at radius 2 is 1.89 bits per heavy atom. The molecule has 2 N–H and O–H groups in total. The molecular formula is C13H14N2O2S. The van der Waals surface area contributed by atoms with E-state index in [1.165, 1.54) is 17.3 Å². The lowest BCUT2D eigenvalue weighted by Gasteiger charge is -2.10. The Labute approximate surface area is 109 Å². The topological polar surface area (TPSA) is 62.2 Å². The summed E-state index contributed by atoms with van der Waals surface area (Å²) in [6.45, 7) is 6.13. The largest absolute Gasteiger partial charge is 0.477 e. The third-order valence-electron chi connectivity index (χ3n) is 2.80. The fourth-order valence-corrected chi connectivity index (χ4v) is 2.31. The average molecular weight is 262 g/mol. The van der Waals surface area contributed by atoms with Crippen molar-refractivity contribution < 1.29 is 9.90 Å². The van der Waals surface area contributed by atoms with Crippen LogP contribution in [0.15, 0.2) is 18.3 Å². The molecule has 0 aliphatic heterocycles. The highest BCUT2D eigenvalue weighted by molar-refractivity contribution is 7.17. The molecule has 2 aromatic rings. The van der Waals surface area contributed by atoms with Gasteiger partial charge >= 0.3 is 5.97 Å². The predicted molar refractivity (Wildman–Crippen MR) is 73.0 cm³/mol. The number of carboxylic acid groups (broad SMARTS) is 1. The van der Waals surface area contributed by atoms with Gasteiger partial charge in [-0.3, -0.25) is 0 Å². The van der Waals surface area contributed by atoms with Crippen LogP contribution in [0.2, 0.25) is 0 Å². The third-order valence-corrected chi connectivity index (χ3v) is 3.70. The standard InChI is InChI=1S/C13H14N2O2S/c1-7-4-9(3)10(5-8(7)2)15-13-14-6-11(18-13)12(16)17/h4-6H,1-3H3,(H,14,15)(H,16,17). The van der Waals surface area contributed by atoms with Gasteiger partial charge in [0.05, 0.1) is 6.20 Å². The zero-order valence-electron chi connectivity index (χ0n) is 10.4. The Morgan fingerprint density at radius 3 is 2.50 bits per heavy atom. The first-order valence-electron chi connectivity index (χ1n) is 5.51. The highest BCUT2D eigenvalue weighted by Crippen LogP contribution is 2.26. The quantitative estimate of drug-likeness (QED) is 0.888. The maximum absolute atomic E-state index is 10.8. The number of nitrogens with one attached hydrogen (secondary N) is 1. The maximum Gasteiger partial charge on any atom is 0.347 e. The molecule has 4 nitrogen and oxygen atoms in total. The number of aromatic carboxylic acids is 1. The molecule has 0 spiro atoms. The molecule has 0 amide bonds. The third kappa shape index (κ3) is 2.51. The first-order valence-corrected chi connectivity index (χ1v) is 6.33. The summed E-state index contributed by atoms with van der Waals surface area (Å²) in [6.07, 6.45) is 1.37. The van der Waals surface area contributed by atoms with Gasteiger partial charge in [0, 0.05) is 5.69 Å². The van der Waals surface area contributed by atoms with Crippen LogP contribution in [-0.4, -0.2) is 16.1 Å². The van der Waals surface area contributed by atoms with Gasteiger partial charge in [-0.15, -0.1) is 0 Å². The fourth-order valence-electron chi connectivity index (χ4n) is 1.64. The van der Waals surface area contributed by atoms with Crippen LogP contribution in [0, 0.1) is 20.8 Å². The summed E-state index contributed by atoms with van der Waals surface area (Å²) in [6, 6.07) is 4.15. The molecular weight excluding hydrogens is 248 g/mol. The minimum atomic E-state index is -0.947. The van der Waals surface area contributed by atoms with Crippen LogP contribution in [0.4, 0.5) is 10.8 Å². The van der Waals surface area contributed by atoms with E-state index in [0.29, 0.717) is 5.13 Å². The van der Waals surface area contributed by atoms with Crippen molar-refractivity contribution >= 4 is 28.1 Å². The Hall–Kier alpha value is -1.88. The second kappa shape index (κ2) is 4.78. The van der Waals surface area contributed by atoms with Gasteiger partial charge in [-0.1, -0.05) is 17.4 Å². The average Bonchev–Trinajstić information content (AvgIpc) is 2.74. The number of anilines is 2. The zero-order valence-corrected chi connectivity index (χ0v) is 11.3. The van der Waals surface area contributed by atoms with Gasteiger partial charge in [0.2, 0.25) is 0 Å².